The van der Waals surface area contributed by atoms with Crippen LogP contribution < -0.4 is 0 Å². The molecule has 0 radical (unpaired) electrons. The molecule has 0 unspecified atom stereocenters. The van der Waals surface area contributed by atoms with Crippen LogP contribution in [0.25, 0.3) is 0 Å². The maximum absolute atomic E-state index is 5.68. The summed E-state index contributed by atoms with van der Waals surface area (Å²) in [6.45, 7) is 6.10. The molecule has 0 bridgehead atoms. The Bertz CT molecular complexity index is 675. The van der Waals surface area contributed by atoms with Crippen LogP contribution in [0.5, 0.6) is 0 Å². The molecule has 1 aliphatic rings. The van der Waals surface area contributed by atoms with Crippen molar-refractivity contribution in [2.75, 3.05) is 13.2 Å². The summed E-state index contributed by atoms with van der Waals surface area (Å²) < 4.78 is 13.0. The average molecular weight is 298 g/mol. The van der Waals surface area contributed by atoms with E-state index in [1.165, 1.54) is 0 Å². The van der Waals surface area contributed by atoms with E-state index in [9.17, 15) is 0 Å². The van der Waals surface area contributed by atoms with Crippen LogP contribution in [0.2, 0.25) is 0 Å². The molecule has 0 saturated carbocycles. The molecule has 0 atom stereocenters. The highest BCUT2D eigenvalue weighted by molar-refractivity contribution is 5.34. The van der Waals surface area contributed by atoms with Crippen molar-refractivity contribution in [2.45, 2.75) is 26.7 Å². The van der Waals surface area contributed by atoms with E-state index in [-0.39, 0.29) is 11.7 Å². The summed E-state index contributed by atoms with van der Waals surface area (Å²) in [6.07, 6.45) is 3.20. The monoisotopic (exact) mass is 298 g/mol. The van der Waals surface area contributed by atoms with Gasteiger partial charge in [0, 0.05) is 11.6 Å². The second-order valence-corrected chi connectivity index (χ2v) is 6.01. The van der Waals surface area contributed by atoms with Gasteiger partial charge in [-0.05, 0) is 24.0 Å². The third-order valence-corrected chi connectivity index (χ3v) is 3.18. The lowest BCUT2D eigenvalue weighted by atomic mass is 9.96. The van der Waals surface area contributed by atoms with E-state index in [2.05, 4.69) is 41.0 Å². The Morgan fingerprint density at radius 1 is 1.23 bits per heavy atom. The van der Waals surface area contributed by atoms with Crippen molar-refractivity contribution in [1.29, 1.82) is 0 Å². The number of nitrogens with zero attached hydrogens (tertiary/aromatic N) is 4. The lowest BCUT2D eigenvalue weighted by molar-refractivity contribution is -0.227. The van der Waals surface area contributed by atoms with Crippen LogP contribution in [0, 0.1) is 17.3 Å². The first kappa shape index (κ1) is 14.7. The molecule has 6 heteroatoms. The highest BCUT2D eigenvalue weighted by Gasteiger charge is 2.28. The summed E-state index contributed by atoms with van der Waals surface area (Å²) in [5, 5.41) is 8.07. The summed E-state index contributed by atoms with van der Waals surface area (Å²) >= 11 is 0. The van der Waals surface area contributed by atoms with Gasteiger partial charge in [-0.2, -0.15) is 0 Å². The van der Waals surface area contributed by atoms with E-state index in [1.54, 1.807) is 17.1 Å². The summed E-state index contributed by atoms with van der Waals surface area (Å²) in [7, 11) is 0. The Balaban J connectivity index is 1.59. The molecule has 114 valence electrons. The number of pyridine rings is 1. The predicted molar refractivity (Wildman–Crippen MR) is 79.7 cm³/mol. The molecule has 1 saturated heterocycles. The maximum Gasteiger partial charge on any atom is 0.177 e. The lowest BCUT2D eigenvalue weighted by Crippen LogP contribution is -2.39. The Labute approximate surface area is 129 Å². The van der Waals surface area contributed by atoms with Gasteiger partial charge in [-0.15, -0.1) is 5.10 Å². The van der Waals surface area contributed by atoms with Crippen molar-refractivity contribution < 1.29 is 9.47 Å². The van der Waals surface area contributed by atoms with E-state index in [4.69, 9.17) is 9.47 Å². The highest BCUT2D eigenvalue weighted by atomic mass is 16.7. The summed E-state index contributed by atoms with van der Waals surface area (Å²) in [4.78, 5) is 4.14. The van der Waals surface area contributed by atoms with Gasteiger partial charge in [0.15, 0.2) is 12.0 Å². The van der Waals surface area contributed by atoms with Crippen molar-refractivity contribution in [2.24, 2.45) is 5.41 Å². The van der Waals surface area contributed by atoms with Gasteiger partial charge in [-0.25, -0.2) is 9.67 Å². The zero-order chi connectivity index (χ0) is 15.4. The lowest BCUT2D eigenvalue weighted by Gasteiger charge is -2.34. The van der Waals surface area contributed by atoms with E-state index < -0.39 is 0 Å². The quantitative estimate of drug-likeness (QED) is 0.786. The minimum Gasteiger partial charge on any atom is -0.350 e. The first-order valence-electron chi connectivity index (χ1n) is 7.17. The van der Waals surface area contributed by atoms with Gasteiger partial charge in [0.05, 0.1) is 26.0 Å². The Morgan fingerprint density at radius 3 is 2.73 bits per heavy atom. The third kappa shape index (κ3) is 3.91. The predicted octanol–water partition coefficient (Wildman–Crippen LogP) is 1.47. The van der Waals surface area contributed by atoms with E-state index in [0.717, 1.165) is 0 Å². The molecule has 0 amide bonds. The van der Waals surface area contributed by atoms with Crippen LogP contribution in [0.3, 0.4) is 0 Å². The number of hydrogen-bond acceptors (Lipinski definition) is 5. The van der Waals surface area contributed by atoms with Crippen molar-refractivity contribution in [1.82, 2.24) is 20.0 Å². The van der Waals surface area contributed by atoms with Gasteiger partial charge in [0.25, 0.3) is 0 Å². The van der Waals surface area contributed by atoms with E-state index >= 15 is 0 Å². The van der Waals surface area contributed by atoms with Crippen LogP contribution in [0.1, 0.15) is 25.2 Å². The molecule has 3 heterocycles. The van der Waals surface area contributed by atoms with Crippen LogP contribution in [-0.4, -0.2) is 39.5 Å². The minimum atomic E-state index is -0.286. The second kappa shape index (κ2) is 6.26. The van der Waals surface area contributed by atoms with Gasteiger partial charge >= 0.3 is 0 Å². The molecular weight excluding hydrogens is 280 g/mol. The zero-order valence-electron chi connectivity index (χ0n) is 12.7. The number of rotatable bonds is 2. The molecular formula is C16H18N4O2. The van der Waals surface area contributed by atoms with Crippen LogP contribution in [0.15, 0.2) is 30.6 Å². The Morgan fingerprint density at radius 2 is 2.00 bits per heavy atom. The van der Waals surface area contributed by atoms with Gasteiger partial charge in [0.2, 0.25) is 0 Å². The third-order valence-electron chi connectivity index (χ3n) is 3.18. The fourth-order valence-electron chi connectivity index (χ4n) is 1.99. The molecule has 0 N–H and O–H groups in total. The Kier molecular flexibility index (Phi) is 4.18. The number of hydrogen-bond donors (Lipinski definition) is 0. The first-order chi connectivity index (χ1) is 10.6. The molecule has 2 aromatic rings. The minimum absolute atomic E-state index is 0.0676. The fourth-order valence-corrected chi connectivity index (χ4v) is 1.99. The molecule has 1 aliphatic heterocycles. The molecule has 6 nitrogen and oxygen atoms in total. The number of aromatic nitrogens is 4. The standard InChI is InChI=1S/C16H18N4O2/c1-16(2)11-21-15(22-12-16)10-20-9-14(18-19-20)7-6-13-5-3-4-8-17-13/h3-5,8-9,15H,10-12H2,1-2H3. The van der Waals surface area contributed by atoms with Gasteiger partial charge < -0.3 is 9.47 Å². The van der Waals surface area contributed by atoms with Crippen LogP contribution >= 0.6 is 0 Å². The summed E-state index contributed by atoms with van der Waals surface area (Å²) in [6, 6.07) is 5.60. The van der Waals surface area contributed by atoms with E-state index in [0.29, 0.717) is 31.1 Å². The number of ether oxygens (including phenoxy) is 2. The molecule has 0 aliphatic carbocycles. The molecule has 0 spiro atoms. The molecule has 3 rings (SSSR count). The Hall–Kier alpha value is -2.23. The van der Waals surface area contributed by atoms with Crippen molar-refractivity contribution in [3.8, 4) is 11.8 Å². The normalized spacial score (nSPS) is 17.7. The van der Waals surface area contributed by atoms with Gasteiger partial charge in [-0.3, -0.25) is 0 Å². The largest absolute Gasteiger partial charge is 0.350 e. The molecule has 22 heavy (non-hydrogen) atoms. The fraction of sp³-hybridized carbons (Fsp3) is 0.438. The van der Waals surface area contributed by atoms with Crippen molar-refractivity contribution in [3.63, 3.8) is 0 Å². The summed E-state index contributed by atoms with van der Waals surface area (Å²) in [5.41, 5.74) is 1.37. The molecule has 1 fully saturated rings. The topological polar surface area (TPSA) is 62.1 Å². The van der Waals surface area contributed by atoms with Crippen molar-refractivity contribution >= 4 is 0 Å². The van der Waals surface area contributed by atoms with Crippen LogP contribution in [0.4, 0.5) is 0 Å². The highest BCUT2D eigenvalue weighted by Crippen LogP contribution is 2.23. The van der Waals surface area contributed by atoms with Crippen LogP contribution in [-0.2, 0) is 16.0 Å². The van der Waals surface area contributed by atoms with Gasteiger partial charge in [0.1, 0.15) is 5.69 Å². The summed E-state index contributed by atoms with van der Waals surface area (Å²) in [5.74, 6) is 5.89. The zero-order valence-corrected chi connectivity index (χ0v) is 12.7. The van der Waals surface area contributed by atoms with E-state index in [1.807, 2.05) is 18.2 Å². The molecule has 2 aromatic heterocycles. The maximum atomic E-state index is 5.68. The first-order valence-corrected chi connectivity index (χ1v) is 7.17. The molecule has 0 aromatic carbocycles. The van der Waals surface area contributed by atoms with Crippen molar-refractivity contribution in [3.05, 3.63) is 42.0 Å². The second-order valence-electron chi connectivity index (χ2n) is 6.01. The smallest absolute Gasteiger partial charge is 0.177 e. The average Bonchev–Trinajstić information content (AvgIpc) is 2.96. The SMILES string of the molecule is CC1(C)COC(Cn2cc(C#Cc3ccccn3)nn2)OC1. The van der Waals surface area contributed by atoms with Gasteiger partial charge in [-0.1, -0.05) is 25.1 Å².